The van der Waals surface area contributed by atoms with E-state index in [0.717, 1.165) is 22.9 Å². The number of carbonyl (C=O) groups is 1. The molecule has 1 aromatic carbocycles. The summed E-state index contributed by atoms with van der Waals surface area (Å²) in [6.45, 7) is 5.78. The number of nitrogens with one attached hydrogen (secondary N) is 1. The van der Waals surface area contributed by atoms with Gasteiger partial charge in [0.05, 0.1) is 6.04 Å². The van der Waals surface area contributed by atoms with Gasteiger partial charge in [-0.15, -0.1) is 0 Å². The number of rotatable bonds is 1. The smallest absolute Gasteiger partial charge is 0.248 e. The summed E-state index contributed by atoms with van der Waals surface area (Å²) in [5.41, 5.74) is 1.83. The van der Waals surface area contributed by atoms with Gasteiger partial charge in [0.1, 0.15) is 0 Å². The van der Waals surface area contributed by atoms with Crippen molar-refractivity contribution in [3.05, 3.63) is 36.0 Å². The van der Waals surface area contributed by atoms with Crippen molar-refractivity contribution in [2.45, 2.75) is 33.2 Å². The fourth-order valence-corrected chi connectivity index (χ4v) is 2.51. The molecule has 3 rings (SSSR count). The maximum Gasteiger partial charge on any atom is 0.248 e. The third-order valence-electron chi connectivity index (χ3n) is 3.64. The molecule has 4 heteroatoms. The van der Waals surface area contributed by atoms with E-state index in [0.29, 0.717) is 0 Å². The van der Waals surface area contributed by atoms with Gasteiger partial charge in [-0.25, -0.2) is 5.01 Å². The van der Waals surface area contributed by atoms with E-state index in [9.17, 15) is 4.79 Å². The highest BCUT2D eigenvalue weighted by molar-refractivity contribution is 5.85. The largest absolute Gasteiger partial charge is 0.361 e. The predicted octanol–water partition coefficient (Wildman–Crippen LogP) is 3.47. The van der Waals surface area contributed by atoms with Crippen LogP contribution in [0.5, 0.6) is 0 Å². The number of hydrogen-bond acceptors (Lipinski definition) is 2. The number of H-pyrrole nitrogens is 1. The maximum atomic E-state index is 12.5. The lowest BCUT2D eigenvalue weighted by molar-refractivity contribution is -0.141. The van der Waals surface area contributed by atoms with Gasteiger partial charge in [-0.05, 0) is 29.1 Å². The number of carbonyl (C=O) groups excluding carboxylic acids is 1. The van der Waals surface area contributed by atoms with E-state index in [1.807, 2.05) is 39.2 Å². The highest BCUT2D eigenvalue weighted by Crippen LogP contribution is 2.33. The summed E-state index contributed by atoms with van der Waals surface area (Å²) in [6.07, 6.45) is 4.53. The van der Waals surface area contributed by atoms with Gasteiger partial charge < -0.3 is 4.98 Å². The number of aromatic nitrogens is 1. The van der Waals surface area contributed by atoms with Crippen LogP contribution in [0.15, 0.2) is 35.6 Å². The summed E-state index contributed by atoms with van der Waals surface area (Å²) in [5, 5.41) is 7.08. The van der Waals surface area contributed by atoms with Gasteiger partial charge in [-0.2, -0.15) is 5.10 Å². The molecular weight excluding hydrogens is 250 g/mol. The standard InChI is InChI=1S/C16H19N3O/c1-16(2,3)15(20)19-14(7-9-18-19)12-4-5-13-11(10-12)6-8-17-13/h4-6,8-10,14,17H,7H2,1-3H3. The quantitative estimate of drug-likeness (QED) is 0.846. The Bertz CT molecular complexity index is 678. The summed E-state index contributed by atoms with van der Waals surface area (Å²) < 4.78 is 0. The molecule has 1 amide bonds. The van der Waals surface area contributed by atoms with Crippen molar-refractivity contribution in [1.82, 2.24) is 9.99 Å². The van der Waals surface area contributed by atoms with Gasteiger partial charge >= 0.3 is 0 Å². The lowest BCUT2D eigenvalue weighted by Gasteiger charge is -2.28. The normalized spacial score (nSPS) is 18.9. The monoisotopic (exact) mass is 269 g/mol. The first kappa shape index (κ1) is 12.9. The average Bonchev–Trinajstić information content (AvgIpc) is 3.04. The molecule has 1 unspecified atom stereocenters. The number of hydrogen-bond donors (Lipinski definition) is 1. The lowest BCUT2D eigenvalue weighted by Crippen LogP contribution is -2.36. The second kappa shape index (κ2) is 4.47. The zero-order valence-electron chi connectivity index (χ0n) is 12.1. The highest BCUT2D eigenvalue weighted by atomic mass is 16.2. The maximum absolute atomic E-state index is 12.5. The van der Waals surface area contributed by atoms with Gasteiger partial charge in [0.25, 0.3) is 0 Å². The van der Waals surface area contributed by atoms with Crippen molar-refractivity contribution in [2.24, 2.45) is 10.5 Å². The molecule has 1 aliphatic heterocycles. The van der Waals surface area contributed by atoms with E-state index in [4.69, 9.17) is 0 Å². The Morgan fingerprint density at radius 1 is 1.35 bits per heavy atom. The van der Waals surface area contributed by atoms with Crippen LogP contribution in [-0.2, 0) is 4.79 Å². The molecule has 0 spiro atoms. The molecule has 0 aliphatic carbocycles. The van der Waals surface area contributed by atoms with Crippen LogP contribution in [0.4, 0.5) is 0 Å². The predicted molar refractivity (Wildman–Crippen MR) is 80.4 cm³/mol. The average molecular weight is 269 g/mol. The Hall–Kier alpha value is -2.10. The molecule has 1 aromatic heterocycles. The lowest BCUT2D eigenvalue weighted by atomic mass is 9.93. The van der Waals surface area contributed by atoms with Crippen LogP contribution in [-0.4, -0.2) is 22.1 Å². The molecule has 4 nitrogen and oxygen atoms in total. The molecule has 2 heterocycles. The van der Waals surface area contributed by atoms with Crippen LogP contribution in [0, 0.1) is 5.41 Å². The van der Waals surface area contributed by atoms with Crippen molar-refractivity contribution in [1.29, 1.82) is 0 Å². The van der Waals surface area contributed by atoms with Crippen molar-refractivity contribution in [2.75, 3.05) is 0 Å². The number of nitrogens with zero attached hydrogens (tertiary/aromatic N) is 2. The SMILES string of the molecule is CC(C)(C)C(=O)N1N=CCC1c1ccc2[nH]ccc2c1. The van der Waals surface area contributed by atoms with Crippen molar-refractivity contribution in [3.63, 3.8) is 0 Å². The number of hydrazone groups is 1. The Morgan fingerprint density at radius 3 is 2.90 bits per heavy atom. The Kier molecular flexibility index (Phi) is 2.89. The first-order chi connectivity index (χ1) is 9.47. The Balaban J connectivity index is 1.94. The number of aromatic amines is 1. The van der Waals surface area contributed by atoms with Crippen LogP contribution in [0.3, 0.4) is 0 Å². The minimum absolute atomic E-state index is 0.0148. The van der Waals surface area contributed by atoms with E-state index in [1.165, 1.54) is 0 Å². The second-order valence-electron chi connectivity index (χ2n) is 6.27. The summed E-state index contributed by atoms with van der Waals surface area (Å²) in [6, 6.07) is 8.32. The first-order valence-electron chi connectivity index (χ1n) is 6.90. The zero-order valence-corrected chi connectivity index (χ0v) is 12.1. The molecule has 104 valence electrons. The minimum atomic E-state index is -0.419. The number of amides is 1. The van der Waals surface area contributed by atoms with Gasteiger partial charge in [0.2, 0.25) is 5.91 Å². The third kappa shape index (κ3) is 2.11. The van der Waals surface area contributed by atoms with Crippen LogP contribution in [0.2, 0.25) is 0 Å². The Morgan fingerprint density at radius 2 is 2.15 bits per heavy atom. The highest BCUT2D eigenvalue weighted by Gasteiger charge is 2.34. The molecule has 1 aliphatic rings. The van der Waals surface area contributed by atoms with E-state index in [1.54, 1.807) is 5.01 Å². The van der Waals surface area contributed by atoms with Crippen LogP contribution in [0.1, 0.15) is 38.8 Å². The fraction of sp³-hybridized carbons (Fsp3) is 0.375. The third-order valence-corrected chi connectivity index (χ3v) is 3.64. The molecule has 1 N–H and O–H groups in total. The van der Waals surface area contributed by atoms with E-state index in [2.05, 4.69) is 28.3 Å². The van der Waals surface area contributed by atoms with Gasteiger partial charge in [0.15, 0.2) is 0 Å². The van der Waals surface area contributed by atoms with Crippen LogP contribution >= 0.6 is 0 Å². The molecule has 0 bridgehead atoms. The van der Waals surface area contributed by atoms with Crippen LogP contribution in [0.25, 0.3) is 10.9 Å². The summed E-state index contributed by atoms with van der Waals surface area (Å²) in [4.78, 5) is 15.7. The van der Waals surface area contributed by atoms with E-state index in [-0.39, 0.29) is 11.9 Å². The number of benzene rings is 1. The topological polar surface area (TPSA) is 48.5 Å². The minimum Gasteiger partial charge on any atom is -0.361 e. The van der Waals surface area contributed by atoms with Gasteiger partial charge in [0, 0.05) is 29.8 Å². The molecule has 1 atom stereocenters. The molecule has 0 saturated carbocycles. The molecule has 0 fully saturated rings. The van der Waals surface area contributed by atoms with Gasteiger partial charge in [-0.1, -0.05) is 26.8 Å². The number of fused-ring (bicyclic) bond motifs is 1. The Labute approximate surface area is 118 Å². The second-order valence-corrected chi connectivity index (χ2v) is 6.27. The van der Waals surface area contributed by atoms with Gasteiger partial charge in [-0.3, -0.25) is 4.79 Å². The zero-order chi connectivity index (χ0) is 14.3. The fourth-order valence-electron chi connectivity index (χ4n) is 2.51. The summed E-state index contributed by atoms with van der Waals surface area (Å²) in [5.74, 6) is 0.0606. The summed E-state index contributed by atoms with van der Waals surface area (Å²) >= 11 is 0. The van der Waals surface area contributed by atoms with Crippen LogP contribution < -0.4 is 0 Å². The van der Waals surface area contributed by atoms with E-state index >= 15 is 0 Å². The molecule has 0 saturated heterocycles. The van der Waals surface area contributed by atoms with Crippen molar-refractivity contribution in [3.8, 4) is 0 Å². The van der Waals surface area contributed by atoms with Crippen molar-refractivity contribution >= 4 is 23.0 Å². The molecule has 20 heavy (non-hydrogen) atoms. The molecule has 0 radical (unpaired) electrons. The van der Waals surface area contributed by atoms with Crippen molar-refractivity contribution < 1.29 is 4.79 Å². The molecule has 2 aromatic rings. The molecular formula is C16H19N3O. The summed E-state index contributed by atoms with van der Waals surface area (Å²) in [7, 11) is 0. The van der Waals surface area contributed by atoms with E-state index < -0.39 is 5.41 Å². The first-order valence-corrected chi connectivity index (χ1v) is 6.90.